The lowest BCUT2D eigenvalue weighted by atomic mass is 9.96. The first kappa shape index (κ1) is 13.1. The van der Waals surface area contributed by atoms with Gasteiger partial charge in [0.1, 0.15) is 0 Å². The fourth-order valence-corrected chi connectivity index (χ4v) is 3.43. The van der Waals surface area contributed by atoms with Crippen LogP contribution in [0, 0.1) is 5.92 Å². The summed E-state index contributed by atoms with van der Waals surface area (Å²) in [6, 6.07) is 4.78. The van der Waals surface area contributed by atoms with Gasteiger partial charge in [-0.25, -0.2) is 0 Å². The van der Waals surface area contributed by atoms with Crippen molar-refractivity contribution < 1.29 is 0 Å². The van der Waals surface area contributed by atoms with Gasteiger partial charge in [-0.2, -0.15) is 0 Å². The fourth-order valence-electron chi connectivity index (χ4n) is 3.43. The van der Waals surface area contributed by atoms with Crippen molar-refractivity contribution >= 4 is 0 Å². The van der Waals surface area contributed by atoms with E-state index in [9.17, 15) is 0 Å². The predicted octanol–water partition coefficient (Wildman–Crippen LogP) is 2.39. The molecule has 1 saturated heterocycles. The number of aromatic nitrogens is 1. The minimum absolute atomic E-state index is 0.500. The number of aryl methyl sites for hydroxylation is 1. The van der Waals surface area contributed by atoms with Gasteiger partial charge in [0.2, 0.25) is 0 Å². The molecule has 2 heterocycles. The van der Waals surface area contributed by atoms with E-state index in [0.717, 1.165) is 12.5 Å². The molecule has 1 aromatic rings. The van der Waals surface area contributed by atoms with Crippen LogP contribution in [-0.2, 0) is 6.42 Å². The van der Waals surface area contributed by atoms with Crippen LogP contribution in [-0.4, -0.2) is 36.1 Å². The monoisotopic (exact) mass is 259 g/mol. The van der Waals surface area contributed by atoms with E-state index in [0.29, 0.717) is 6.04 Å². The first-order valence-electron chi connectivity index (χ1n) is 7.76. The molecular weight excluding hydrogens is 234 g/mol. The van der Waals surface area contributed by atoms with Gasteiger partial charge in [-0.05, 0) is 69.4 Å². The molecule has 1 aliphatic carbocycles. The van der Waals surface area contributed by atoms with Gasteiger partial charge in [0.25, 0.3) is 0 Å². The summed E-state index contributed by atoms with van der Waals surface area (Å²) in [6.45, 7) is 7.20. The molecular formula is C16H25N3. The Morgan fingerprint density at radius 2 is 2.16 bits per heavy atom. The fraction of sp³-hybridized carbons (Fsp3) is 0.688. The minimum atomic E-state index is 0.500. The maximum absolute atomic E-state index is 4.56. The van der Waals surface area contributed by atoms with Gasteiger partial charge >= 0.3 is 0 Å². The molecule has 3 rings (SSSR count). The maximum Gasteiger partial charge on any atom is 0.0605 e. The Bertz CT molecular complexity index is 410. The molecule has 1 atom stereocenters. The van der Waals surface area contributed by atoms with Crippen molar-refractivity contribution in [2.75, 3.05) is 26.2 Å². The summed E-state index contributed by atoms with van der Waals surface area (Å²) < 4.78 is 0. The van der Waals surface area contributed by atoms with Gasteiger partial charge in [-0.15, -0.1) is 0 Å². The molecule has 1 aromatic heterocycles. The van der Waals surface area contributed by atoms with Crippen LogP contribution in [0.1, 0.15) is 43.5 Å². The normalized spacial score (nSPS) is 24.6. The van der Waals surface area contributed by atoms with Crippen molar-refractivity contribution in [3.8, 4) is 0 Å². The van der Waals surface area contributed by atoms with Crippen LogP contribution in [0.5, 0.6) is 0 Å². The van der Waals surface area contributed by atoms with Crippen molar-refractivity contribution in [2.45, 2.75) is 38.6 Å². The second-order valence-electron chi connectivity index (χ2n) is 5.92. The lowest BCUT2D eigenvalue weighted by molar-refractivity contribution is 0.187. The van der Waals surface area contributed by atoms with Crippen molar-refractivity contribution in [3.05, 3.63) is 29.6 Å². The molecule has 3 heteroatoms. The second-order valence-corrected chi connectivity index (χ2v) is 5.92. The molecule has 1 unspecified atom stereocenters. The third-order valence-corrected chi connectivity index (χ3v) is 4.77. The standard InChI is InChI=1S/C16H25N3/c1-2-19-10-7-13(8-11-19)12-18-15-6-5-14-4-3-9-17-16(14)15/h3-4,9,13,15,18H,2,5-8,10-12H2,1H3. The number of nitrogens with one attached hydrogen (secondary N) is 1. The Morgan fingerprint density at radius 3 is 2.95 bits per heavy atom. The summed E-state index contributed by atoms with van der Waals surface area (Å²) in [6.07, 6.45) is 7.04. The Hall–Kier alpha value is -0.930. The first-order chi connectivity index (χ1) is 9.36. The Morgan fingerprint density at radius 1 is 1.32 bits per heavy atom. The molecule has 0 saturated carbocycles. The first-order valence-corrected chi connectivity index (χ1v) is 7.76. The number of likely N-dealkylation sites (tertiary alicyclic amines) is 1. The molecule has 0 bridgehead atoms. The highest BCUT2D eigenvalue weighted by molar-refractivity contribution is 5.27. The molecule has 1 N–H and O–H groups in total. The smallest absolute Gasteiger partial charge is 0.0605 e. The van der Waals surface area contributed by atoms with Crippen LogP contribution in [0.4, 0.5) is 0 Å². The number of piperidine rings is 1. The van der Waals surface area contributed by atoms with Crippen LogP contribution < -0.4 is 5.32 Å². The highest BCUT2D eigenvalue weighted by Gasteiger charge is 2.25. The molecule has 0 amide bonds. The SMILES string of the molecule is CCN1CCC(CNC2CCc3cccnc32)CC1. The number of rotatable bonds is 4. The summed E-state index contributed by atoms with van der Waals surface area (Å²) >= 11 is 0. The predicted molar refractivity (Wildman–Crippen MR) is 78.1 cm³/mol. The molecule has 1 fully saturated rings. The van der Waals surface area contributed by atoms with E-state index in [4.69, 9.17) is 0 Å². The molecule has 0 radical (unpaired) electrons. The van der Waals surface area contributed by atoms with Gasteiger partial charge in [0, 0.05) is 6.20 Å². The van der Waals surface area contributed by atoms with E-state index < -0.39 is 0 Å². The van der Waals surface area contributed by atoms with Gasteiger partial charge in [0.05, 0.1) is 11.7 Å². The van der Waals surface area contributed by atoms with Gasteiger partial charge in [-0.1, -0.05) is 13.0 Å². The van der Waals surface area contributed by atoms with Crippen LogP contribution in [0.3, 0.4) is 0 Å². The average molecular weight is 259 g/mol. The number of fused-ring (bicyclic) bond motifs is 1. The molecule has 0 spiro atoms. The zero-order chi connectivity index (χ0) is 13.1. The Labute approximate surface area is 116 Å². The summed E-state index contributed by atoms with van der Waals surface area (Å²) in [5.41, 5.74) is 2.74. The Kier molecular flexibility index (Phi) is 4.14. The largest absolute Gasteiger partial charge is 0.308 e. The van der Waals surface area contributed by atoms with Gasteiger partial charge < -0.3 is 10.2 Å². The topological polar surface area (TPSA) is 28.2 Å². The third-order valence-electron chi connectivity index (χ3n) is 4.77. The number of nitrogens with zero attached hydrogens (tertiary/aromatic N) is 2. The molecule has 3 nitrogen and oxygen atoms in total. The van der Waals surface area contributed by atoms with E-state index >= 15 is 0 Å². The molecule has 0 aromatic carbocycles. The summed E-state index contributed by atoms with van der Waals surface area (Å²) in [4.78, 5) is 7.12. The lowest BCUT2D eigenvalue weighted by Gasteiger charge is -2.31. The molecule has 104 valence electrons. The minimum Gasteiger partial charge on any atom is -0.308 e. The number of hydrogen-bond acceptors (Lipinski definition) is 3. The highest BCUT2D eigenvalue weighted by Crippen LogP contribution is 2.29. The van der Waals surface area contributed by atoms with Crippen molar-refractivity contribution in [3.63, 3.8) is 0 Å². The van der Waals surface area contributed by atoms with Crippen molar-refractivity contribution in [1.82, 2.24) is 15.2 Å². The van der Waals surface area contributed by atoms with E-state index in [1.165, 1.54) is 56.6 Å². The quantitative estimate of drug-likeness (QED) is 0.900. The molecule has 19 heavy (non-hydrogen) atoms. The lowest BCUT2D eigenvalue weighted by Crippen LogP contribution is -2.37. The maximum atomic E-state index is 4.56. The van der Waals surface area contributed by atoms with Crippen molar-refractivity contribution in [1.29, 1.82) is 0 Å². The highest BCUT2D eigenvalue weighted by atomic mass is 15.1. The van der Waals surface area contributed by atoms with Crippen LogP contribution >= 0.6 is 0 Å². The summed E-state index contributed by atoms with van der Waals surface area (Å²) in [7, 11) is 0. The number of pyridine rings is 1. The third kappa shape index (κ3) is 2.98. The van der Waals surface area contributed by atoms with E-state index in [1.807, 2.05) is 6.20 Å². The van der Waals surface area contributed by atoms with E-state index in [1.54, 1.807) is 0 Å². The molecule has 1 aliphatic heterocycles. The zero-order valence-corrected chi connectivity index (χ0v) is 11.9. The number of hydrogen-bond donors (Lipinski definition) is 1. The molecule has 2 aliphatic rings. The van der Waals surface area contributed by atoms with Crippen molar-refractivity contribution in [2.24, 2.45) is 5.92 Å². The van der Waals surface area contributed by atoms with Crippen LogP contribution in [0.15, 0.2) is 18.3 Å². The average Bonchev–Trinajstić information content (AvgIpc) is 2.89. The van der Waals surface area contributed by atoms with Crippen LogP contribution in [0.25, 0.3) is 0 Å². The zero-order valence-electron chi connectivity index (χ0n) is 11.9. The van der Waals surface area contributed by atoms with Crippen LogP contribution in [0.2, 0.25) is 0 Å². The van der Waals surface area contributed by atoms with Gasteiger partial charge in [-0.3, -0.25) is 4.98 Å². The van der Waals surface area contributed by atoms with E-state index in [2.05, 4.69) is 34.3 Å². The Balaban J connectivity index is 1.49. The second kappa shape index (κ2) is 6.02. The summed E-state index contributed by atoms with van der Waals surface area (Å²) in [5, 5.41) is 3.76. The van der Waals surface area contributed by atoms with E-state index in [-0.39, 0.29) is 0 Å². The van der Waals surface area contributed by atoms with Gasteiger partial charge in [0.15, 0.2) is 0 Å². The summed E-state index contributed by atoms with van der Waals surface area (Å²) in [5.74, 6) is 0.857.